The van der Waals surface area contributed by atoms with Crippen LogP contribution in [0.15, 0.2) is 0 Å². The SMILES string of the molecule is CCCC(F)CCCC(=O)[O-].[K+]. The van der Waals surface area contributed by atoms with Gasteiger partial charge in [0, 0.05) is 5.97 Å². The Morgan fingerprint density at radius 1 is 1.50 bits per heavy atom. The van der Waals surface area contributed by atoms with E-state index in [1.54, 1.807) is 0 Å². The van der Waals surface area contributed by atoms with Crippen molar-refractivity contribution in [3.63, 3.8) is 0 Å². The van der Waals surface area contributed by atoms with Crippen LogP contribution in [0.2, 0.25) is 0 Å². The fraction of sp³-hybridized carbons (Fsp3) is 0.875. The van der Waals surface area contributed by atoms with E-state index < -0.39 is 12.1 Å². The molecule has 0 N–H and O–H groups in total. The number of aliphatic carboxylic acids is 1. The molecule has 0 aliphatic rings. The zero-order valence-electron chi connectivity index (χ0n) is 7.81. The molecule has 0 rings (SSSR count). The van der Waals surface area contributed by atoms with Crippen molar-refractivity contribution in [3.05, 3.63) is 0 Å². The van der Waals surface area contributed by atoms with Crippen LogP contribution < -0.4 is 56.5 Å². The van der Waals surface area contributed by atoms with Crippen molar-refractivity contribution in [3.8, 4) is 0 Å². The van der Waals surface area contributed by atoms with Gasteiger partial charge in [0.1, 0.15) is 6.17 Å². The smallest absolute Gasteiger partial charge is 0.550 e. The summed E-state index contributed by atoms with van der Waals surface area (Å²) in [4.78, 5) is 9.91. The first-order valence-corrected chi connectivity index (χ1v) is 4.00. The number of carbonyl (C=O) groups excluding carboxylic acids is 1. The second kappa shape index (κ2) is 10.1. The Morgan fingerprint density at radius 3 is 2.50 bits per heavy atom. The zero-order chi connectivity index (χ0) is 8.69. The topological polar surface area (TPSA) is 40.1 Å². The fourth-order valence-electron chi connectivity index (χ4n) is 0.925. The van der Waals surface area contributed by atoms with Crippen LogP contribution >= 0.6 is 0 Å². The Hall–Kier alpha value is 1.04. The molecule has 0 aliphatic heterocycles. The number of carboxylic acids is 1. The van der Waals surface area contributed by atoms with Crippen LogP contribution in [0, 0.1) is 0 Å². The molecule has 0 radical (unpaired) electrons. The molecule has 0 fully saturated rings. The first-order chi connectivity index (χ1) is 5.16. The number of hydrogen-bond acceptors (Lipinski definition) is 2. The average Bonchev–Trinajstić information content (AvgIpc) is 1.87. The molecule has 66 valence electrons. The van der Waals surface area contributed by atoms with E-state index in [2.05, 4.69) is 0 Å². The second-order valence-electron chi connectivity index (χ2n) is 2.65. The molecule has 0 spiro atoms. The van der Waals surface area contributed by atoms with E-state index >= 15 is 0 Å². The Bertz CT molecular complexity index is 120. The average molecular weight is 200 g/mol. The molecule has 0 heterocycles. The van der Waals surface area contributed by atoms with Gasteiger partial charge in [0.2, 0.25) is 0 Å². The summed E-state index contributed by atoms with van der Waals surface area (Å²) in [5.41, 5.74) is 0. The first-order valence-electron chi connectivity index (χ1n) is 4.00. The molecular weight excluding hydrogens is 186 g/mol. The van der Waals surface area contributed by atoms with Crippen LogP contribution in [-0.2, 0) is 4.79 Å². The number of carboxylic acid groups (broad SMARTS) is 1. The molecule has 0 aromatic heterocycles. The molecule has 0 saturated carbocycles. The van der Waals surface area contributed by atoms with Crippen LogP contribution in [0.25, 0.3) is 0 Å². The summed E-state index contributed by atoms with van der Waals surface area (Å²) in [5.74, 6) is -1.09. The van der Waals surface area contributed by atoms with Crippen LogP contribution in [0.1, 0.15) is 39.0 Å². The molecule has 0 saturated heterocycles. The van der Waals surface area contributed by atoms with E-state index in [1.807, 2.05) is 6.92 Å². The van der Waals surface area contributed by atoms with E-state index in [-0.39, 0.29) is 57.8 Å². The normalized spacial score (nSPS) is 11.8. The minimum Gasteiger partial charge on any atom is -0.550 e. The number of alkyl halides is 1. The standard InChI is InChI=1S/C8H15FO2.K/c1-2-4-7(9)5-3-6-8(10)11;/h7H,2-6H2,1H3,(H,10,11);/q;+1/p-1. The number of carbonyl (C=O) groups is 1. The minimum absolute atomic E-state index is 0. The van der Waals surface area contributed by atoms with Crippen molar-refractivity contribution in [1.29, 1.82) is 0 Å². The van der Waals surface area contributed by atoms with E-state index in [4.69, 9.17) is 0 Å². The van der Waals surface area contributed by atoms with E-state index in [1.165, 1.54) is 0 Å². The van der Waals surface area contributed by atoms with E-state index in [9.17, 15) is 14.3 Å². The van der Waals surface area contributed by atoms with Gasteiger partial charge in [-0.15, -0.1) is 0 Å². The Morgan fingerprint density at radius 2 is 2.08 bits per heavy atom. The van der Waals surface area contributed by atoms with Crippen LogP contribution in [0.3, 0.4) is 0 Å². The van der Waals surface area contributed by atoms with Gasteiger partial charge in [-0.2, -0.15) is 0 Å². The Kier molecular flexibility index (Phi) is 13.1. The zero-order valence-corrected chi connectivity index (χ0v) is 10.9. The number of halogens is 1. The van der Waals surface area contributed by atoms with Crippen molar-refractivity contribution >= 4 is 5.97 Å². The summed E-state index contributed by atoms with van der Waals surface area (Å²) in [7, 11) is 0. The van der Waals surface area contributed by atoms with Gasteiger partial charge in [-0.25, -0.2) is 4.39 Å². The maximum Gasteiger partial charge on any atom is 1.00 e. The predicted molar refractivity (Wildman–Crippen MR) is 38.7 cm³/mol. The van der Waals surface area contributed by atoms with Crippen molar-refractivity contribution < 1.29 is 65.7 Å². The first kappa shape index (κ1) is 15.5. The molecule has 2 nitrogen and oxygen atoms in total. The van der Waals surface area contributed by atoms with Gasteiger partial charge in [0.25, 0.3) is 0 Å². The van der Waals surface area contributed by atoms with Crippen molar-refractivity contribution in [1.82, 2.24) is 0 Å². The quantitative estimate of drug-likeness (QED) is 0.468. The Labute approximate surface area is 115 Å². The van der Waals surface area contributed by atoms with Gasteiger partial charge < -0.3 is 9.90 Å². The third-order valence-electron chi connectivity index (χ3n) is 1.50. The van der Waals surface area contributed by atoms with Crippen LogP contribution in [-0.4, -0.2) is 12.1 Å². The summed E-state index contributed by atoms with van der Waals surface area (Å²) in [6.07, 6.45) is 1.23. The third-order valence-corrected chi connectivity index (χ3v) is 1.50. The maximum absolute atomic E-state index is 12.6. The fourth-order valence-corrected chi connectivity index (χ4v) is 0.925. The molecule has 1 unspecified atom stereocenters. The summed E-state index contributed by atoms with van der Waals surface area (Å²) < 4.78 is 12.6. The van der Waals surface area contributed by atoms with Crippen molar-refractivity contribution in [2.45, 2.75) is 45.2 Å². The molecule has 0 aliphatic carbocycles. The second-order valence-corrected chi connectivity index (χ2v) is 2.65. The van der Waals surface area contributed by atoms with E-state index in [0.717, 1.165) is 6.42 Å². The summed E-state index contributed by atoms with van der Waals surface area (Å²) in [5, 5.41) is 9.91. The summed E-state index contributed by atoms with van der Waals surface area (Å²) >= 11 is 0. The molecule has 12 heavy (non-hydrogen) atoms. The summed E-state index contributed by atoms with van der Waals surface area (Å²) in [6, 6.07) is 0. The number of hydrogen-bond donors (Lipinski definition) is 0. The van der Waals surface area contributed by atoms with Crippen molar-refractivity contribution in [2.24, 2.45) is 0 Å². The van der Waals surface area contributed by atoms with Crippen LogP contribution in [0.4, 0.5) is 4.39 Å². The molecular formula is C8H14FKO2. The molecule has 0 amide bonds. The molecule has 0 aromatic rings. The van der Waals surface area contributed by atoms with Crippen molar-refractivity contribution in [2.75, 3.05) is 0 Å². The largest absolute Gasteiger partial charge is 1.00 e. The molecule has 0 aromatic carbocycles. The monoisotopic (exact) mass is 200 g/mol. The van der Waals surface area contributed by atoms with Crippen LogP contribution in [0.5, 0.6) is 0 Å². The molecule has 4 heteroatoms. The van der Waals surface area contributed by atoms with E-state index in [0.29, 0.717) is 19.3 Å². The molecule has 1 atom stereocenters. The summed E-state index contributed by atoms with van der Waals surface area (Å²) in [6.45, 7) is 1.91. The predicted octanol–water partition coefficient (Wildman–Crippen LogP) is -1.95. The third kappa shape index (κ3) is 11.0. The minimum atomic E-state index is -1.09. The molecule has 0 bridgehead atoms. The van der Waals surface area contributed by atoms with Gasteiger partial charge in [0.15, 0.2) is 0 Å². The van der Waals surface area contributed by atoms with Gasteiger partial charge in [-0.3, -0.25) is 0 Å². The van der Waals surface area contributed by atoms with Gasteiger partial charge in [-0.1, -0.05) is 13.3 Å². The maximum atomic E-state index is 12.6. The van der Waals surface area contributed by atoms with Gasteiger partial charge in [-0.05, 0) is 25.7 Å². The number of rotatable bonds is 6. The van der Waals surface area contributed by atoms with Gasteiger partial charge >= 0.3 is 51.4 Å². The van der Waals surface area contributed by atoms with Gasteiger partial charge in [0.05, 0.1) is 0 Å². The Balaban J connectivity index is 0.